The fourth-order valence-corrected chi connectivity index (χ4v) is 2.37. The van der Waals surface area contributed by atoms with Gasteiger partial charge in [0.1, 0.15) is 11.5 Å². The molecule has 0 unspecified atom stereocenters. The number of aryl methyl sites for hydroxylation is 2. The Balaban J connectivity index is 2.67. The van der Waals surface area contributed by atoms with Gasteiger partial charge in [0, 0.05) is 39.8 Å². The highest BCUT2D eigenvalue weighted by molar-refractivity contribution is 5.95. The number of hydrogen-bond donors (Lipinski definition) is 1. The van der Waals surface area contributed by atoms with E-state index in [1.165, 1.54) is 0 Å². The van der Waals surface area contributed by atoms with E-state index in [4.69, 9.17) is 9.15 Å². The average molecular weight is 338 g/mol. The van der Waals surface area contributed by atoms with Crippen molar-refractivity contribution in [2.45, 2.75) is 40.5 Å². The summed E-state index contributed by atoms with van der Waals surface area (Å²) < 4.78 is 10.5. The van der Waals surface area contributed by atoms with Crippen LogP contribution in [0.25, 0.3) is 0 Å². The first kappa shape index (κ1) is 20.2. The van der Waals surface area contributed by atoms with Crippen molar-refractivity contribution in [2.75, 3.05) is 33.4 Å². The summed E-state index contributed by atoms with van der Waals surface area (Å²) in [5.74, 6) is 1.59. The SMILES string of the molecule is COCCCN(CCC(=O)NCC(C)C)C(=O)c1cc(C)oc1C. The summed E-state index contributed by atoms with van der Waals surface area (Å²) >= 11 is 0. The smallest absolute Gasteiger partial charge is 0.257 e. The van der Waals surface area contributed by atoms with Gasteiger partial charge >= 0.3 is 0 Å². The highest BCUT2D eigenvalue weighted by Crippen LogP contribution is 2.16. The quantitative estimate of drug-likeness (QED) is 0.666. The van der Waals surface area contributed by atoms with Gasteiger partial charge in [0.25, 0.3) is 5.91 Å². The van der Waals surface area contributed by atoms with E-state index in [1.807, 2.05) is 20.8 Å². The summed E-state index contributed by atoms with van der Waals surface area (Å²) in [4.78, 5) is 26.4. The van der Waals surface area contributed by atoms with Crippen LogP contribution in [0.4, 0.5) is 0 Å². The van der Waals surface area contributed by atoms with Gasteiger partial charge in [0.05, 0.1) is 5.56 Å². The van der Waals surface area contributed by atoms with Gasteiger partial charge < -0.3 is 19.4 Å². The van der Waals surface area contributed by atoms with Gasteiger partial charge in [0.15, 0.2) is 0 Å². The fourth-order valence-electron chi connectivity index (χ4n) is 2.37. The second kappa shape index (κ2) is 10.1. The van der Waals surface area contributed by atoms with E-state index in [-0.39, 0.29) is 11.8 Å². The maximum absolute atomic E-state index is 12.7. The van der Waals surface area contributed by atoms with E-state index < -0.39 is 0 Å². The number of carbonyl (C=O) groups excluding carboxylic acids is 2. The Morgan fingerprint density at radius 2 is 2.00 bits per heavy atom. The van der Waals surface area contributed by atoms with E-state index in [0.29, 0.717) is 55.7 Å². The van der Waals surface area contributed by atoms with Crippen molar-refractivity contribution < 1.29 is 18.7 Å². The number of ether oxygens (including phenoxy) is 1. The highest BCUT2D eigenvalue weighted by Gasteiger charge is 2.21. The minimum Gasteiger partial charge on any atom is -0.466 e. The molecule has 0 bridgehead atoms. The summed E-state index contributed by atoms with van der Waals surface area (Å²) in [5, 5.41) is 2.88. The molecule has 1 heterocycles. The first-order valence-corrected chi connectivity index (χ1v) is 8.47. The fraction of sp³-hybridized carbons (Fsp3) is 0.667. The van der Waals surface area contributed by atoms with E-state index in [0.717, 1.165) is 6.42 Å². The third-order valence-electron chi connectivity index (χ3n) is 3.65. The predicted molar refractivity (Wildman–Crippen MR) is 93.0 cm³/mol. The monoisotopic (exact) mass is 338 g/mol. The van der Waals surface area contributed by atoms with Crippen LogP contribution in [0.5, 0.6) is 0 Å². The van der Waals surface area contributed by atoms with Crippen molar-refractivity contribution in [1.29, 1.82) is 0 Å². The molecule has 24 heavy (non-hydrogen) atoms. The topological polar surface area (TPSA) is 71.8 Å². The zero-order chi connectivity index (χ0) is 18.1. The Morgan fingerprint density at radius 1 is 1.29 bits per heavy atom. The van der Waals surface area contributed by atoms with E-state index in [2.05, 4.69) is 5.32 Å². The summed E-state index contributed by atoms with van der Waals surface area (Å²) in [6.45, 7) is 9.85. The molecule has 0 atom stereocenters. The van der Waals surface area contributed by atoms with Crippen molar-refractivity contribution >= 4 is 11.8 Å². The molecule has 0 aliphatic heterocycles. The number of methoxy groups -OCH3 is 1. The van der Waals surface area contributed by atoms with Gasteiger partial charge in [-0.05, 0) is 32.3 Å². The van der Waals surface area contributed by atoms with Crippen molar-refractivity contribution in [3.05, 3.63) is 23.2 Å². The summed E-state index contributed by atoms with van der Waals surface area (Å²) in [7, 11) is 1.63. The first-order valence-electron chi connectivity index (χ1n) is 8.47. The molecule has 1 aromatic heterocycles. The van der Waals surface area contributed by atoms with Gasteiger partial charge in [-0.25, -0.2) is 0 Å². The van der Waals surface area contributed by atoms with Crippen LogP contribution in [-0.4, -0.2) is 50.1 Å². The molecule has 1 rings (SSSR count). The third kappa shape index (κ3) is 6.74. The Hall–Kier alpha value is -1.82. The molecule has 0 radical (unpaired) electrons. The number of carbonyl (C=O) groups is 2. The molecular formula is C18H30N2O4. The first-order chi connectivity index (χ1) is 11.3. The van der Waals surface area contributed by atoms with Gasteiger partial charge in [0.2, 0.25) is 5.91 Å². The molecule has 1 N–H and O–H groups in total. The molecule has 0 aliphatic carbocycles. The third-order valence-corrected chi connectivity index (χ3v) is 3.65. The van der Waals surface area contributed by atoms with Crippen molar-refractivity contribution in [3.8, 4) is 0 Å². The molecule has 1 aromatic rings. The number of nitrogens with one attached hydrogen (secondary N) is 1. The van der Waals surface area contributed by atoms with E-state index in [9.17, 15) is 9.59 Å². The Morgan fingerprint density at radius 3 is 2.54 bits per heavy atom. The molecule has 0 fully saturated rings. The van der Waals surface area contributed by atoms with Crippen molar-refractivity contribution in [2.24, 2.45) is 5.92 Å². The number of rotatable bonds is 10. The van der Waals surface area contributed by atoms with Gasteiger partial charge in [-0.15, -0.1) is 0 Å². The molecule has 2 amide bonds. The minimum atomic E-state index is -0.0999. The van der Waals surface area contributed by atoms with Crippen LogP contribution < -0.4 is 5.32 Å². The Bertz CT molecular complexity index is 537. The molecule has 6 heteroatoms. The van der Waals surface area contributed by atoms with Crippen molar-refractivity contribution in [1.82, 2.24) is 10.2 Å². The summed E-state index contributed by atoms with van der Waals surface area (Å²) in [6.07, 6.45) is 1.02. The maximum Gasteiger partial charge on any atom is 0.257 e. The zero-order valence-corrected chi connectivity index (χ0v) is 15.5. The normalized spacial score (nSPS) is 10.9. The van der Waals surface area contributed by atoms with Crippen LogP contribution in [0.3, 0.4) is 0 Å². The summed E-state index contributed by atoms with van der Waals surface area (Å²) in [6, 6.07) is 1.75. The second-order valence-electron chi connectivity index (χ2n) is 6.41. The average Bonchev–Trinajstić information content (AvgIpc) is 2.86. The molecule has 0 aliphatic rings. The van der Waals surface area contributed by atoms with Crippen LogP contribution in [0.15, 0.2) is 10.5 Å². The summed E-state index contributed by atoms with van der Waals surface area (Å²) in [5.41, 5.74) is 0.563. The second-order valence-corrected chi connectivity index (χ2v) is 6.41. The molecule has 0 saturated carbocycles. The van der Waals surface area contributed by atoms with E-state index >= 15 is 0 Å². The predicted octanol–water partition coefficient (Wildman–Crippen LogP) is 2.54. The zero-order valence-electron chi connectivity index (χ0n) is 15.5. The lowest BCUT2D eigenvalue weighted by molar-refractivity contribution is -0.121. The van der Waals surface area contributed by atoms with Gasteiger partial charge in [-0.2, -0.15) is 0 Å². The Labute approximate surface area is 144 Å². The highest BCUT2D eigenvalue weighted by atomic mass is 16.5. The largest absolute Gasteiger partial charge is 0.466 e. The molecular weight excluding hydrogens is 308 g/mol. The number of nitrogens with zero attached hydrogens (tertiary/aromatic N) is 1. The molecule has 6 nitrogen and oxygen atoms in total. The maximum atomic E-state index is 12.7. The molecule has 0 aromatic carbocycles. The standard InChI is InChI=1S/C18H30N2O4/c1-13(2)12-19-17(21)7-9-20(8-6-10-23-5)18(22)16-11-14(3)24-15(16)4/h11,13H,6-10,12H2,1-5H3,(H,19,21). The van der Waals surface area contributed by atoms with Crippen LogP contribution >= 0.6 is 0 Å². The minimum absolute atomic E-state index is 0.0339. The lowest BCUT2D eigenvalue weighted by Gasteiger charge is -2.22. The Kier molecular flexibility index (Phi) is 8.54. The van der Waals surface area contributed by atoms with Gasteiger partial charge in [-0.1, -0.05) is 13.8 Å². The van der Waals surface area contributed by atoms with Crippen LogP contribution in [0, 0.1) is 19.8 Å². The molecule has 0 spiro atoms. The lowest BCUT2D eigenvalue weighted by atomic mass is 10.2. The number of furan rings is 1. The van der Waals surface area contributed by atoms with Crippen LogP contribution in [0.2, 0.25) is 0 Å². The number of hydrogen-bond acceptors (Lipinski definition) is 4. The van der Waals surface area contributed by atoms with Crippen LogP contribution in [-0.2, 0) is 9.53 Å². The molecule has 136 valence electrons. The van der Waals surface area contributed by atoms with Crippen LogP contribution in [0.1, 0.15) is 48.6 Å². The number of amides is 2. The van der Waals surface area contributed by atoms with E-state index in [1.54, 1.807) is 25.0 Å². The van der Waals surface area contributed by atoms with Gasteiger partial charge in [-0.3, -0.25) is 9.59 Å². The molecule has 0 saturated heterocycles. The lowest BCUT2D eigenvalue weighted by Crippen LogP contribution is -2.37. The van der Waals surface area contributed by atoms with Crippen molar-refractivity contribution in [3.63, 3.8) is 0 Å².